The summed E-state index contributed by atoms with van der Waals surface area (Å²) in [6.07, 6.45) is 1.86. The average molecular weight is 219 g/mol. The van der Waals surface area contributed by atoms with E-state index in [1.165, 1.54) is 12.1 Å². The molecule has 0 spiro atoms. The minimum Gasteiger partial charge on any atom is -0.382 e. The Kier molecular flexibility index (Phi) is 2.64. The number of benzene rings is 1. The van der Waals surface area contributed by atoms with Crippen molar-refractivity contribution >= 4 is 5.82 Å². The minimum atomic E-state index is -0.225. The van der Waals surface area contributed by atoms with Gasteiger partial charge >= 0.3 is 0 Å². The van der Waals surface area contributed by atoms with Crippen LogP contribution in [0.4, 0.5) is 10.2 Å². The lowest BCUT2D eigenvalue weighted by molar-refractivity contribution is 0.618. The number of hydrogen-bond acceptors (Lipinski definition) is 2. The summed E-state index contributed by atoms with van der Waals surface area (Å²) in [4.78, 5) is 0. The predicted octanol–water partition coefficient (Wildman–Crippen LogP) is 2.27. The van der Waals surface area contributed by atoms with Gasteiger partial charge in [0.25, 0.3) is 0 Å². The Balaban J connectivity index is 2.29. The molecule has 1 aromatic heterocycles. The molecule has 0 unspecified atom stereocenters. The molecule has 2 aromatic rings. The lowest BCUT2D eigenvalue weighted by atomic mass is 10.1. The third-order valence-corrected chi connectivity index (χ3v) is 2.63. The van der Waals surface area contributed by atoms with Crippen LogP contribution in [0.3, 0.4) is 0 Å². The van der Waals surface area contributed by atoms with E-state index < -0.39 is 0 Å². The molecular weight excluding hydrogens is 205 g/mol. The lowest BCUT2D eigenvalue weighted by Crippen LogP contribution is -2.03. The van der Waals surface area contributed by atoms with Crippen LogP contribution in [0.1, 0.15) is 16.7 Å². The van der Waals surface area contributed by atoms with E-state index in [-0.39, 0.29) is 5.82 Å². The van der Waals surface area contributed by atoms with Crippen molar-refractivity contribution in [3.05, 3.63) is 46.9 Å². The zero-order valence-electron chi connectivity index (χ0n) is 9.37. The minimum absolute atomic E-state index is 0.225. The number of rotatable bonds is 2. The molecule has 0 aliphatic carbocycles. The largest absolute Gasteiger partial charge is 0.382 e. The van der Waals surface area contributed by atoms with Gasteiger partial charge in [-0.2, -0.15) is 5.10 Å². The predicted molar refractivity (Wildman–Crippen MR) is 61.6 cm³/mol. The Morgan fingerprint density at radius 3 is 2.69 bits per heavy atom. The van der Waals surface area contributed by atoms with Crippen LogP contribution in [0.2, 0.25) is 0 Å². The Morgan fingerprint density at radius 1 is 1.31 bits per heavy atom. The van der Waals surface area contributed by atoms with Crippen LogP contribution >= 0.6 is 0 Å². The van der Waals surface area contributed by atoms with Crippen LogP contribution < -0.4 is 5.73 Å². The lowest BCUT2D eigenvalue weighted by Gasteiger charge is -2.05. The summed E-state index contributed by atoms with van der Waals surface area (Å²) in [6, 6.07) is 4.76. The first-order chi connectivity index (χ1) is 7.56. The van der Waals surface area contributed by atoms with E-state index in [1.54, 1.807) is 10.7 Å². The first-order valence-corrected chi connectivity index (χ1v) is 5.11. The van der Waals surface area contributed by atoms with Gasteiger partial charge in [-0.1, -0.05) is 6.07 Å². The molecule has 1 heterocycles. The van der Waals surface area contributed by atoms with Gasteiger partial charge in [-0.25, -0.2) is 4.39 Å². The molecule has 84 valence electrons. The average Bonchev–Trinajstić information content (AvgIpc) is 2.52. The van der Waals surface area contributed by atoms with E-state index in [4.69, 9.17) is 5.73 Å². The molecule has 2 rings (SSSR count). The first kappa shape index (κ1) is 10.7. The third-order valence-electron chi connectivity index (χ3n) is 2.63. The van der Waals surface area contributed by atoms with Crippen molar-refractivity contribution in [2.24, 2.45) is 0 Å². The number of nitrogens with two attached hydrogens (primary N) is 1. The monoisotopic (exact) mass is 219 g/mol. The van der Waals surface area contributed by atoms with Crippen molar-refractivity contribution in [1.29, 1.82) is 0 Å². The molecule has 2 N–H and O–H groups in total. The Morgan fingerprint density at radius 2 is 2.06 bits per heavy atom. The summed E-state index contributed by atoms with van der Waals surface area (Å²) >= 11 is 0. The standard InChI is InChI=1S/C12H14FN3/c1-8-3-4-11(13)5-10(8)7-16-6-9(2)12(14)15-16/h3-6H,7H2,1-2H3,(H2,14,15). The summed E-state index contributed by atoms with van der Waals surface area (Å²) in [5.74, 6) is 0.298. The number of aromatic nitrogens is 2. The maximum absolute atomic E-state index is 13.1. The third kappa shape index (κ3) is 2.05. The van der Waals surface area contributed by atoms with Gasteiger partial charge < -0.3 is 5.73 Å². The summed E-state index contributed by atoms with van der Waals surface area (Å²) in [6.45, 7) is 4.40. The van der Waals surface area contributed by atoms with Gasteiger partial charge in [0.1, 0.15) is 11.6 Å². The smallest absolute Gasteiger partial charge is 0.148 e. The summed E-state index contributed by atoms with van der Waals surface area (Å²) in [5.41, 5.74) is 8.56. The van der Waals surface area contributed by atoms with E-state index in [0.29, 0.717) is 12.4 Å². The van der Waals surface area contributed by atoms with E-state index >= 15 is 0 Å². The molecule has 4 heteroatoms. The van der Waals surface area contributed by atoms with Gasteiger partial charge in [0.2, 0.25) is 0 Å². The van der Waals surface area contributed by atoms with Crippen molar-refractivity contribution in [1.82, 2.24) is 9.78 Å². The molecule has 16 heavy (non-hydrogen) atoms. The highest BCUT2D eigenvalue weighted by molar-refractivity contribution is 5.36. The van der Waals surface area contributed by atoms with E-state index in [2.05, 4.69) is 5.10 Å². The fourth-order valence-electron chi connectivity index (χ4n) is 1.60. The zero-order valence-corrected chi connectivity index (χ0v) is 9.37. The fourth-order valence-corrected chi connectivity index (χ4v) is 1.60. The van der Waals surface area contributed by atoms with Gasteiger partial charge in [-0.3, -0.25) is 4.68 Å². The molecule has 0 aliphatic rings. The molecule has 0 radical (unpaired) electrons. The second-order valence-electron chi connectivity index (χ2n) is 3.97. The van der Waals surface area contributed by atoms with Crippen LogP contribution in [0.5, 0.6) is 0 Å². The summed E-state index contributed by atoms with van der Waals surface area (Å²) < 4.78 is 14.8. The molecular formula is C12H14FN3. The molecule has 0 saturated heterocycles. The van der Waals surface area contributed by atoms with Gasteiger partial charge in [0.05, 0.1) is 6.54 Å². The Bertz CT molecular complexity index is 497. The van der Waals surface area contributed by atoms with E-state index in [0.717, 1.165) is 16.7 Å². The van der Waals surface area contributed by atoms with Gasteiger partial charge in [0.15, 0.2) is 0 Å². The molecule has 0 bridgehead atoms. The van der Waals surface area contributed by atoms with Crippen LogP contribution in [-0.2, 0) is 6.54 Å². The van der Waals surface area contributed by atoms with Crippen LogP contribution in [-0.4, -0.2) is 9.78 Å². The molecule has 0 amide bonds. The Hall–Kier alpha value is -1.84. The normalized spacial score (nSPS) is 10.7. The highest BCUT2D eigenvalue weighted by atomic mass is 19.1. The number of aryl methyl sites for hydroxylation is 2. The van der Waals surface area contributed by atoms with Crippen LogP contribution in [0, 0.1) is 19.7 Å². The van der Waals surface area contributed by atoms with Crippen molar-refractivity contribution in [2.45, 2.75) is 20.4 Å². The van der Waals surface area contributed by atoms with Crippen molar-refractivity contribution in [3.8, 4) is 0 Å². The summed E-state index contributed by atoms with van der Waals surface area (Å²) in [5, 5.41) is 4.15. The van der Waals surface area contributed by atoms with Crippen molar-refractivity contribution < 1.29 is 4.39 Å². The van der Waals surface area contributed by atoms with Crippen LogP contribution in [0.15, 0.2) is 24.4 Å². The highest BCUT2D eigenvalue weighted by Gasteiger charge is 2.04. The number of halogens is 1. The SMILES string of the molecule is Cc1ccc(F)cc1Cn1cc(C)c(N)n1. The number of anilines is 1. The van der Waals surface area contributed by atoms with Crippen molar-refractivity contribution in [3.63, 3.8) is 0 Å². The maximum atomic E-state index is 13.1. The molecule has 3 nitrogen and oxygen atoms in total. The topological polar surface area (TPSA) is 43.8 Å². The quantitative estimate of drug-likeness (QED) is 0.842. The van der Waals surface area contributed by atoms with Gasteiger partial charge in [0, 0.05) is 11.8 Å². The van der Waals surface area contributed by atoms with Gasteiger partial charge in [-0.05, 0) is 37.1 Å². The van der Waals surface area contributed by atoms with Crippen LogP contribution in [0.25, 0.3) is 0 Å². The molecule has 0 saturated carbocycles. The van der Waals surface area contributed by atoms with E-state index in [9.17, 15) is 4.39 Å². The number of nitrogens with zero attached hydrogens (tertiary/aromatic N) is 2. The Labute approximate surface area is 93.7 Å². The molecule has 1 aromatic carbocycles. The number of nitrogen functional groups attached to an aromatic ring is 1. The van der Waals surface area contributed by atoms with E-state index in [1.807, 2.05) is 20.0 Å². The van der Waals surface area contributed by atoms with Gasteiger partial charge in [-0.15, -0.1) is 0 Å². The molecule has 0 aliphatic heterocycles. The fraction of sp³-hybridized carbons (Fsp3) is 0.250. The summed E-state index contributed by atoms with van der Waals surface area (Å²) in [7, 11) is 0. The number of hydrogen-bond donors (Lipinski definition) is 1. The molecule has 0 fully saturated rings. The highest BCUT2D eigenvalue weighted by Crippen LogP contribution is 2.13. The van der Waals surface area contributed by atoms with Crippen molar-refractivity contribution in [2.75, 3.05) is 5.73 Å². The molecule has 0 atom stereocenters. The second kappa shape index (κ2) is 3.96. The first-order valence-electron chi connectivity index (χ1n) is 5.11. The maximum Gasteiger partial charge on any atom is 0.148 e. The second-order valence-corrected chi connectivity index (χ2v) is 3.97. The zero-order chi connectivity index (χ0) is 11.7.